The Morgan fingerprint density at radius 3 is 1.96 bits per heavy atom. The summed E-state index contributed by atoms with van der Waals surface area (Å²) in [5.41, 5.74) is 3.88. The van der Waals surface area contributed by atoms with Crippen LogP contribution in [0.1, 0.15) is 5.56 Å². The molecule has 3 aromatic carbocycles. The zero-order valence-electron chi connectivity index (χ0n) is 14.6. The summed E-state index contributed by atoms with van der Waals surface area (Å²) in [5.74, 6) is 0. The van der Waals surface area contributed by atoms with Crippen LogP contribution < -0.4 is 0 Å². The van der Waals surface area contributed by atoms with Crippen LogP contribution in [0.2, 0.25) is 0 Å². The van der Waals surface area contributed by atoms with Gasteiger partial charge in [0.1, 0.15) is 0 Å². The van der Waals surface area contributed by atoms with Gasteiger partial charge in [-0.1, -0.05) is 54.6 Å². The highest BCUT2D eigenvalue weighted by atomic mass is 32.3. The topological polar surface area (TPSA) is 12.9 Å². The van der Waals surface area contributed by atoms with Crippen LogP contribution in [-0.4, -0.2) is 4.98 Å². The van der Waals surface area contributed by atoms with Gasteiger partial charge in [0.15, 0.2) is 0 Å². The van der Waals surface area contributed by atoms with Gasteiger partial charge >= 0.3 is 0 Å². The number of hydrogen-bond donors (Lipinski definition) is 0. The van der Waals surface area contributed by atoms with Crippen LogP contribution in [-0.2, 0) is 0 Å². The number of aromatic nitrogens is 1. The highest BCUT2D eigenvalue weighted by Crippen LogP contribution is 2.79. The van der Waals surface area contributed by atoms with Crippen molar-refractivity contribution < 1.29 is 0 Å². The molecule has 2 heterocycles. The molecular weight excluding hydrogens is 334 g/mol. The zero-order valence-corrected chi connectivity index (χ0v) is 15.4. The van der Waals surface area contributed by atoms with Crippen molar-refractivity contribution in [2.24, 2.45) is 0 Å². The minimum absolute atomic E-state index is 1.21. The number of hydrogen-bond acceptors (Lipinski definition) is 1. The molecule has 1 nitrogen and oxygen atoms in total. The Morgan fingerprint density at radius 2 is 1.31 bits per heavy atom. The molecule has 0 bridgehead atoms. The largest absolute Gasteiger partial charge is 0.250 e. The minimum atomic E-state index is -1.57. The first-order valence-electron chi connectivity index (χ1n) is 8.81. The second kappa shape index (κ2) is 5.86. The fourth-order valence-electron chi connectivity index (χ4n) is 3.91. The van der Waals surface area contributed by atoms with Crippen molar-refractivity contribution in [3.8, 4) is 11.1 Å². The van der Waals surface area contributed by atoms with Crippen molar-refractivity contribution in [1.29, 1.82) is 0 Å². The second-order valence-electron chi connectivity index (χ2n) is 6.59. The van der Waals surface area contributed by atoms with Crippen LogP contribution in [0.15, 0.2) is 117 Å². The van der Waals surface area contributed by atoms with Crippen molar-refractivity contribution in [3.05, 3.63) is 103 Å². The van der Waals surface area contributed by atoms with Crippen molar-refractivity contribution in [3.63, 3.8) is 0 Å². The molecule has 1 aromatic heterocycles. The van der Waals surface area contributed by atoms with E-state index in [4.69, 9.17) is 4.98 Å². The molecule has 0 spiro atoms. The fourth-order valence-corrected chi connectivity index (χ4v) is 8.07. The van der Waals surface area contributed by atoms with Crippen molar-refractivity contribution in [2.75, 3.05) is 0 Å². The molecule has 0 N–H and O–H groups in total. The predicted molar refractivity (Wildman–Crippen MR) is 108 cm³/mol. The van der Waals surface area contributed by atoms with Gasteiger partial charge in [0.2, 0.25) is 0 Å². The van der Waals surface area contributed by atoms with Crippen LogP contribution in [0.4, 0.5) is 0 Å². The Bertz CT molecular complexity index is 1050. The van der Waals surface area contributed by atoms with Gasteiger partial charge in [0.05, 0.1) is 5.03 Å². The Kier molecular flexibility index (Phi) is 3.47. The van der Waals surface area contributed by atoms with E-state index in [1.54, 1.807) is 0 Å². The van der Waals surface area contributed by atoms with Crippen LogP contribution >= 0.6 is 10.0 Å². The van der Waals surface area contributed by atoms with Crippen molar-refractivity contribution >= 4 is 10.0 Å². The molecule has 5 rings (SSSR count). The van der Waals surface area contributed by atoms with Gasteiger partial charge in [0, 0.05) is 26.4 Å². The lowest BCUT2D eigenvalue weighted by atomic mass is 10.1. The van der Waals surface area contributed by atoms with Gasteiger partial charge in [-0.2, -0.15) is 0 Å². The van der Waals surface area contributed by atoms with E-state index in [2.05, 4.69) is 91.9 Å². The quantitative estimate of drug-likeness (QED) is 0.343. The van der Waals surface area contributed by atoms with E-state index in [0.717, 1.165) is 0 Å². The molecule has 0 aliphatic carbocycles. The summed E-state index contributed by atoms with van der Waals surface area (Å²) >= 11 is 0. The van der Waals surface area contributed by atoms with E-state index >= 15 is 0 Å². The molecule has 126 valence electrons. The summed E-state index contributed by atoms with van der Waals surface area (Å²) < 4.78 is 0. The highest BCUT2D eigenvalue weighted by molar-refractivity contribution is 8.34. The number of benzene rings is 3. The summed E-state index contributed by atoms with van der Waals surface area (Å²) in [7, 11) is -1.57. The van der Waals surface area contributed by atoms with Crippen molar-refractivity contribution in [1.82, 2.24) is 4.98 Å². The third-order valence-corrected chi connectivity index (χ3v) is 8.87. The molecule has 26 heavy (non-hydrogen) atoms. The third-order valence-electron chi connectivity index (χ3n) is 5.01. The lowest BCUT2D eigenvalue weighted by Gasteiger charge is -2.38. The smallest absolute Gasteiger partial charge is 0.0990 e. The average molecular weight is 353 g/mol. The monoisotopic (exact) mass is 353 g/mol. The summed E-state index contributed by atoms with van der Waals surface area (Å²) in [6, 6.07) is 32.9. The van der Waals surface area contributed by atoms with Crippen molar-refractivity contribution in [2.45, 2.75) is 26.6 Å². The lowest BCUT2D eigenvalue weighted by molar-refractivity contribution is 1.12. The number of pyridine rings is 1. The predicted octanol–water partition coefficient (Wildman–Crippen LogP) is 6.71. The fraction of sp³-hybridized carbons (Fsp3) is 0.0417. The van der Waals surface area contributed by atoms with Gasteiger partial charge < -0.3 is 0 Å². The average Bonchev–Trinajstić information content (AvgIpc) is 3.00. The summed E-state index contributed by atoms with van der Waals surface area (Å²) in [6.07, 6.45) is 1.94. The first kappa shape index (κ1) is 15.4. The summed E-state index contributed by atoms with van der Waals surface area (Å²) in [5, 5.41) is 1.21. The number of fused-ring (bicyclic) bond motifs is 3. The molecule has 0 atom stereocenters. The maximum atomic E-state index is 4.95. The zero-order chi connectivity index (χ0) is 17.6. The first-order chi connectivity index (χ1) is 12.8. The molecular formula is C24H19NS. The normalized spacial score (nSPS) is 15.1. The molecule has 0 fully saturated rings. The van der Waals surface area contributed by atoms with E-state index < -0.39 is 10.0 Å². The molecule has 0 amide bonds. The standard InChI is InChI=1S/C24H19NS/c1-18-14-15-21-22-13-8-16-25-24(22)26(23(21)17-18,19-9-4-2-5-10-19)20-11-6-3-7-12-20/h2-17H,1H3. The Balaban J connectivity index is 1.99. The minimum Gasteiger partial charge on any atom is -0.250 e. The van der Waals surface area contributed by atoms with E-state index in [1.807, 2.05) is 12.3 Å². The van der Waals surface area contributed by atoms with E-state index in [1.165, 1.54) is 36.4 Å². The Labute approximate surface area is 155 Å². The van der Waals surface area contributed by atoms with Crippen LogP contribution in [0.3, 0.4) is 0 Å². The SMILES string of the molecule is Cc1ccc2c(c1)S(c1ccccc1)(c1ccccc1)c1ncccc1-2. The van der Waals surface area contributed by atoms with E-state index in [0.29, 0.717) is 0 Å². The maximum Gasteiger partial charge on any atom is 0.0990 e. The van der Waals surface area contributed by atoms with Gasteiger partial charge in [-0.05, 0) is 54.4 Å². The molecule has 1 aliphatic rings. The Morgan fingerprint density at radius 1 is 0.654 bits per heavy atom. The van der Waals surface area contributed by atoms with Gasteiger partial charge in [0.25, 0.3) is 0 Å². The number of rotatable bonds is 2. The molecule has 2 heteroatoms. The summed E-state index contributed by atoms with van der Waals surface area (Å²) in [4.78, 5) is 9.04. The summed E-state index contributed by atoms with van der Waals surface area (Å²) in [6.45, 7) is 2.18. The first-order valence-corrected chi connectivity index (χ1v) is 10.4. The van der Waals surface area contributed by atoms with Crippen LogP contribution in [0.5, 0.6) is 0 Å². The highest BCUT2D eigenvalue weighted by Gasteiger charge is 2.43. The molecule has 0 unspecified atom stereocenters. The second-order valence-corrected chi connectivity index (χ2v) is 9.59. The van der Waals surface area contributed by atoms with Gasteiger partial charge in [-0.25, -0.2) is 4.98 Å². The molecule has 0 radical (unpaired) electrons. The molecule has 0 saturated heterocycles. The number of aryl methyl sites for hydroxylation is 1. The lowest BCUT2D eigenvalue weighted by Crippen LogP contribution is -2.03. The molecule has 4 aromatic rings. The van der Waals surface area contributed by atoms with Crippen LogP contribution in [0, 0.1) is 6.92 Å². The van der Waals surface area contributed by atoms with Crippen LogP contribution in [0.25, 0.3) is 11.1 Å². The van der Waals surface area contributed by atoms with Gasteiger partial charge in [-0.15, -0.1) is 10.0 Å². The Hall–Kier alpha value is -2.84. The number of nitrogens with zero attached hydrogens (tertiary/aromatic N) is 1. The third kappa shape index (κ3) is 2.03. The van der Waals surface area contributed by atoms with E-state index in [9.17, 15) is 0 Å². The molecule has 1 aliphatic heterocycles. The van der Waals surface area contributed by atoms with Gasteiger partial charge in [-0.3, -0.25) is 0 Å². The van der Waals surface area contributed by atoms with E-state index in [-0.39, 0.29) is 0 Å². The maximum absolute atomic E-state index is 4.95. The molecule has 0 saturated carbocycles.